The van der Waals surface area contributed by atoms with Gasteiger partial charge in [0.25, 0.3) is 5.88 Å². The number of benzene rings is 3. The van der Waals surface area contributed by atoms with E-state index in [1.165, 1.54) is 0 Å². The first-order valence-electron chi connectivity index (χ1n) is 21.1. The van der Waals surface area contributed by atoms with Gasteiger partial charge in [-0.3, -0.25) is 14.5 Å². The molecule has 1 heterocycles. The monoisotopic (exact) mass is 915 g/mol. The van der Waals surface area contributed by atoms with Gasteiger partial charge >= 0.3 is 0 Å². The quantitative estimate of drug-likeness (QED) is 0.0990. The Hall–Kier alpha value is -4.14. The zero-order valence-corrected chi connectivity index (χ0v) is 39.6. The van der Waals surface area contributed by atoms with Gasteiger partial charge in [-0.25, -0.2) is 4.39 Å². The van der Waals surface area contributed by atoms with Gasteiger partial charge in [-0.05, 0) is 102 Å². The molecule has 4 aromatic rings. The predicted molar refractivity (Wildman–Crippen MR) is 239 cm³/mol. The minimum atomic E-state index is -2.95. The molecule has 0 fully saturated rings. The third-order valence-corrected chi connectivity index (χ3v) is 18.3. The fourth-order valence-corrected chi connectivity index (χ4v) is 10.8. The topological polar surface area (TPSA) is 123 Å². The highest BCUT2D eigenvalue weighted by atomic mass is 79.9. The van der Waals surface area contributed by atoms with Gasteiger partial charge in [0.2, 0.25) is 5.78 Å². The molecule has 1 aromatic heterocycles. The molecule has 0 unspecified atom stereocenters. The third kappa shape index (κ3) is 8.28. The summed E-state index contributed by atoms with van der Waals surface area (Å²) in [7, 11) is 0.799. The summed E-state index contributed by atoms with van der Waals surface area (Å²) < 4.78 is 43.6. The molecule has 10 nitrogen and oxygen atoms in total. The molecule has 0 radical (unpaired) electrons. The van der Waals surface area contributed by atoms with E-state index in [9.17, 15) is 5.11 Å². The molecule has 3 aromatic carbocycles. The zero-order chi connectivity index (χ0) is 44.2. The number of carbonyl (C=O) groups excluding carboxylic acids is 2. The molecule has 3 aliphatic carbocycles. The number of ketones is 2. The Labute approximate surface area is 368 Å². The molecule has 326 valence electrons. The summed E-state index contributed by atoms with van der Waals surface area (Å²) in [5.41, 5.74) is 0.513. The molecule has 2 N–H and O–H groups in total. The second-order valence-corrected chi connectivity index (χ2v) is 25.2. The maximum atomic E-state index is 17.2. The van der Waals surface area contributed by atoms with E-state index in [0.717, 1.165) is 17.5 Å². The van der Waals surface area contributed by atoms with Crippen molar-refractivity contribution in [2.75, 3.05) is 20.6 Å². The normalized spacial score (nSPS) is 21.6. The van der Waals surface area contributed by atoms with Crippen molar-refractivity contribution in [3.8, 4) is 11.6 Å². The van der Waals surface area contributed by atoms with E-state index < -0.39 is 60.0 Å². The van der Waals surface area contributed by atoms with Crippen LogP contribution in [0.3, 0.4) is 0 Å². The predicted octanol–water partition coefficient (Wildman–Crippen LogP) is 10.7. The van der Waals surface area contributed by atoms with E-state index in [0.29, 0.717) is 22.3 Å². The van der Waals surface area contributed by atoms with Gasteiger partial charge in [0, 0.05) is 29.2 Å². The molecule has 0 saturated carbocycles. The molecule has 0 saturated heterocycles. The van der Waals surface area contributed by atoms with Gasteiger partial charge in [0.15, 0.2) is 25.5 Å². The molecule has 3 aliphatic rings. The molecular weight excluding hydrogens is 858 g/mol. The Morgan fingerprint density at radius 1 is 0.967 bits per heavy atom. The molecule has 0 bridgehead atoms. The lowest BCUT2D eigenvalue weighted by molar-refractivity contribution is -0.0481. The van der Waals surface area contributed by atoms with Crippen molar-refractivity contribution in [1.29, 1.82) is 0 Å². The van der Waals surface area contributed by atoms with E-state index in [-0.39, 0.29) is 71.9 Å². The van der Waals surface area contributed by atoms with Crippen LogP contribution in [0.2, 0.25) is 18.1 Å². The minimum Gasteiger partial charge on any atom is -0.508 e. The number of Topliss-reactive ketones (excluding diaryl/α,β-unsaturated/α-hetero) is 2. The van der Waals surface area contributed by atoms with Crippen molar-refractivity contribution in [2.24, 2.45) is 17.3 Å². The Balaban J connectivity index is 1.40. The number of hydrogen-bond acceptors (Lipinski definition) is 10. The lowest BCUT2D eigenvalue weighted by atomic mass is 9.58. The van der Waals surface area contributed by atoms with Crippen molar-refractivity contribution in [1.82, 2.24) is 15.4 Å². The third-order valence-electron chi connectivity index (χ3n) is 13.0. The number of fused-ring (bicyclic) bond motifs is 4. The lowest BCUT2D eigenvalue weighted by Crippen LogP contribution is -2.65. The Kier molecular flexibility index (Phi) is 12.4. The summed E-state index contributed by atoms with van der Waals surface area (Å²) in [5, 5.41) is 20.4. The van der Waals surface area contributed by atoms with E-state index in [1.54, 1.807) is 0 Å². The van der Waals surface area contributed by atoms with Crippen molar-refractivity contribution in [3.05, 3.63) is 121 Å². The fourth-order valence-electron chi connectivity index (χ4n) is 8.76. The van der Waals surface area contributed by atoms with Crippen LogP contribution in [0.1, 0.15) is 109 Å². The van der Waals surface area contributed by atoms with Crippen LogP contribution < -0.4 is 14.8 Å². The average Bonchev–Trinajstić information content (AvgIpc) is 3.61. The maximum absolute atomic E-state index is 17.2. The van der Waals surface area contributed by atoms with Gasteiger partial charge in [-0.2, -0.15) is 0 Å². The molecule has 0 spiro atoms. The first-order chi connectivity index (χ1) is 28.7. The van der Waals surface area contributed by atoms with Gasteiger partial charge in [-0.1, -0.05) is 102 Å². The van der Waals surface area contributed by atoms with Gasteiger partial charge in [0.05, 0.1) is 16.1 Å². The van der Waals surface area contributed by atoms with Crippen LogP contribution in [-0.4, -0.2) is 61.3 Å². The summed E-state index contributed by atoms with van der Waals surface area (Å²) >= 11 is 3.68. The first kappa shape index (κ1) is 44.9. The number of aromatic nitrogens is 1. The number of rotatable bonds is 13. The van der Waals surface area contributed by atoms with Gasteiger partial charge in [-0.15, -0.1) is 0 Å². The number of allylic oxidation sites excluding steroid dienone is 1. The maximum Gasteiger partial charge on any atom is 0.265 e. The van der Waals surface area contributed by atoms with Crippen LogP contribution in [0.4, 0.5) is 4.39 Å². The molecule has 4 atom stereocenters. The molecule has 61 heavy (non-hydrogen) atoms. The number of aliphatic hydroxyl groups excluding tert-OH is 1. The van der Waals surface area contributed by atoms with Crippen LogP contribution in [0.25, 0.3) is 0 Å². The van der Waals surface area contributed by atoms with E-state index >= 15 is 14.0 Å². The molecule has 0 amide bonds. The van der Waals surface area contributed by atoms with Crippen LogP contribution >= 0.6 is 15.9 Å². The van der Waals surface area contributed by atoms with E-state index in [2.05, 4.69) is 67.9 Å². The number of ether oxygens (including phenoxy) is 2. The van der Waals surface area contributed by atoms with E-state index in [4.69, 9.17) is 18.4 Å². The Morgan fingerprint density at radius 2 is 1.57 bits per heavy atom. The Bertz CT molecular complexity index is 2330. The zero-order valence-electron chi connectivity index (χ0n) is 37.0. The van der Waals surface area contributed by atoms with Crippen LogP contribution in [0.5, 0.6) is 11.6 Å². The number of hydrogen-bond donors (Lipinski definition) is 2. The first-order valence-corrected chi connectivity index (χ1v) is 24.8. The average molecular weight is 917 g/mol. The van der Waals surface area contributed by atoms with Crippen molar-refractivity contribution in [2.45, 2.75) is 110 Å². The Morgan fingerprint density at radius 3 is 2.15 bits per heavy atom. The fraction of sp³-hybridized carbons (Fsp3) is 0.479. The van der Waals surface area contributed by atoms with Crippen molar-refractivity contribution in [3.63, 3.8) is 0 Å². The standard InChI is InChI=1S/C48H59BrFN3O7Si/c1-46(2,3)21-22-51-25-32-37(49)41(57-26-28-17-13-11-14-18-28)35-31(38(32)50)23-30-24-33-39(53(7)8)42-36(45(52-59-42)58-27-29-19-15-12-16-20-29)44(56)48(33,43(55)34(30)40(35)54)60-61(9,10)47(4,5)6/h11-20,30,33,39,51,55H,21-27H2,1-10H3/t30-,33-,39-,48-/m0/s1. The van der Waals surface area contributed by atoms with E-state index in [1.807, 2.05) is 92.8 Å². The highest BCUT2D eigenvalue weighted by Crippen LogP contribution is 2.60. The second kappa shape index (κ2) is 16.9. The van der Waals surface area contributed by atoms with Crippen LogP contribution in [0.15, 0.2) is 81.0 Å². The number of aliphatic hydroxyl groups is 1. The summed E-state index contributed by atoms with van der Waals surface area (Å²) in [6.07, 6.45) is 1.18. The minimum absolute atomic E-state index is 0.0150. The smallest absolute Gasteiger partial charge is 0.265 e. The van der Waals surface area contributed by atoms with Gasteiger partial charge < -0.3 is 28.8 Å². The molecule has 0 aliphatic heterocycles. The number of nitrogens with zero attached hydrogens (tertiary/aromatic N) is 2. The number of carbonyl (C=O) groups is 2. The number of nitrogens with one attached hydrogen (secondary N) is 1. The second-order valence-electron chi connectivity index (χ2n) is 19.7. The lowest BCUT2D eigenvalue weighted by Gasteiger charge is -2.55. The SMILES string of the molecule is CN(C)[C@@H]1c2onc(OCc3ccccc3)c2C(=O)[C@@]2(O[Si](C)(C)C(C)(C)C)C(O)=C3C(=O)c4c(c(F)c(CNCCC(C)(C)C)c(Br)c4OCc4ccccc4)C[C@H]3C[C@@H]12. The van der Waals surface area contributed by atoms with Gasteiger partial charge in [0.1, 0.15) is 36.1 Å². The highest BCUT2D eigenvalue weighted by molar-refractivity contribution is 9.10. The highest BCUT2D eigenvalue weighted by Gasteiger charge is 2.67. The summed E-state index contributed by atoms with van der Waals surface area (Å²) in [6.45, 7) is 17.8. The van der Waals surface area contributed by atoms with Crippen LogP contribution in [-0.2, 0) is 30.6 Å². The molecular formula is C48H59BrFN3O7Si. The summed E-state index contributed by atoms with van der Waals surface area (Å²) in [4.78, 5) is 32.9. The van der Waals surface area contributed by atoms with Crippen molar-refractivity contribution >= 4 is 35.8 Å². The molecule has 13 heteroatoms. The van der Waals surface area contributed by atoms with Crippen molar-refractivity contribution < 1.29 is 37.5 Å². The number of halogens is 2. The van der Waals surface area contributed by atoms with Crippen LogP contribution in [0, 0.1) is 23.1 Å². The largest absolute Gasteiger partial charge is 0.508 e. The summed E-state index contributed by atoms with van der Waals surface area (Å²) in [5.74, 6) is -3.06. The summed E-state index contributed by atoms with van der Waals surface area (Å²) in [6, 6.07) is 18.4. The molecule has 7 rings (SSSR count).